The van der Waals surface area contributed by atoms with Crippen LogP contribution in [0.15, 0.2) is 36.4 Å². The van der Waals surface area contributed by atoms with Crippen LogP contribution in [-0.4, -0.2) is 5.91 Å². The Bertz CT molecular complexity index is 761. The smallest absolute Gasteiger partial charge is 0.236 e. The van der Waals surface area contributed by atoms with Gasteiger partial charge in [-0.2, -0.15) is 5.26 Å². The fourth-order valence-electron chi connectivity index (χ4n) is 2.43. The Hall–Kier alpha value is -3.00. The van der Waals surface area contributed by atoms with Crippen LogP contribution in [0.3, 0.4) is 0 Å². The van der Waals surface area contributed by atoms with Crippen LogP contribution in [0.4, 0.5) is 22.7 Å². The van der Waals surface area contributed by atoms with Crippen LogP contribution < -0.4 is 16.4 Å². The monoisotopic (exact) mass is 264 g/mol. The van der Waals surface area contributed by atoms with Crippen LogP contribution in [0, 0.1) is 11.3 Å². The minimum atomic E-state index is -0.0537. The predicted molar refractivity (Wildman–Crippen MR) is 77.3 cm³/mol. The highest BCUT2D eigenvalue weighted by Gasteiger charge is 2.29. The molecule has 0 radical (unpaired) electrons. The van der Waals surface area contributed by atoms with E-state index < -0.39 is 0 Å². The van der Waals surface area contributed by atoms with E-state index in [1.165, 1.54) is 0 Å². The lowest BCUT2D eigenvalue weighted by Crippen LogP contribution is -2.21. The van der Waals surface area contributed by atoms with Crippen LogP contribution in [0.25, 0.3) is 0 Å². The molecule has 1 aliphatic heterocycles. The molecule has 5 nitrogen and oxygen atoms in total. The van der Waals surface area contributed by atoms with Gasteiger partial charge in [0, 0.05) is 5.69 Å². The van der Waals surface area contributed by atoms with Crippen molar-refractivity contribution < 1.29 is 4.79 Å². The average Bonchev–Trinajstić information content (AvgIpc) is 2.73. The molecule has 0 saturated heterocycles. The quantitative estimate of drug-likeness (QED) is 0.769. The summed E-state index contributed by atoms with van der Waals surface area (Å²) >= 11 is 0. The number of hydrogen-bond acceptors (Lipinski definition) is 4. The zero-order valence-electron chi connectivity index (χ0n) is 10.6. The number of nitriles is 1. The fourth-order valence-corrected chi connectivity index (χ4v) is 2.43. The van der Waals surface area contributed by atoms with Crippen molar-refractivity contribution in [3.63, 3.8) is 0 Å². The van der Waals surface area contributed by atoms with Gasteiger partial charge in [-0.25, -0.2) is 0 Å². The largest absolute Gasteiger partial charge is 0.399 e. The number of nitrogens with two attached hydrogens (primary N) is 2. The van der Waals surface area contributed by atoms with Crippen LogP contribution >= 0.6 is 0 Å². The SMILES string of the molecule is N#Cc1ccc(N2C(=O)Cc3cc(N)ccc32)c(N)c1. The number of carbonyl (C=O) groups is 1. The number of hydrogen-bond donors (Lipinski definition) is 2. The third-order valence-electron chi connectivity index (χ3n) is 3.33. The number of nitrogens with zero attached hydrogens (tertiary/aromatic N) is 2. The zero-order chi connectivity index (χ0) is 14.3. The van der Waals surface area contributed by atoms with Gasteiger partial charge in [-0.15, -0.1) is 0 Å². The van der Waals surface area contributed by atoms with Crippen LogP contribution in [0.5, 0.6) is 0 Å². The summed E-state index contributed by atoms with van der Waals surface area (Å²) in [5.41, 5.74) is 15.5. The second-order valence-electron chi connectivity index (χ2n) is 4.68. The highest BCUT2D eigenvalue weighted by atomic mass is 16.2. The van der Waals surface area contributed by atoms with Gasteiger partial charge in [-0.05, 0) is 42.0 Å². The first-order chi connectivity index (χ1) is 9.60. The second kappa shape index (κ2) is 4.28. The molecule has 0 atom stereocenters. The summed E-state index contributed by atoms with van der Waals surface area (Å²) in [6.45, 7) is 0. The minimum Gasteiger partial charge on any atom is -0.399 e. The molecule has 0 fully saturated rings. The molecule has 1 heterocycles. The molecule has 4 N–H and O–H groups in total. The lowest BCUT2D eigenvalue weighted by Gasteiger charge is -2.19. The van der Waals surface area contributed by atoms with Crippen molar-refractivity contribution in [2.45, 2.75) is 6.42 Å². The lowest BCUT2D eigenvalue weighted by molar-refractivity contribution is -0.116. The number of nitrogen functional groups attached to an aromatic ring is 2. The maximum absolute atomic E-state index is 12.2. The maximum atomic E-state index is 12.2. The van der Waals surface area contributed by atoms with Crippen LogP contribution in [0.2, 0.25) is 0 Å². The van der Waals surface area contributed by atoms with Gasteiger partial charge in [0.15, 0.2) is 0 Å². The van der Waals surface area contributed by atoms with Crippen molar-refractivity contribution in [2.24, 2.45) is 0 Å². The average molecular weight is 264 g/mol. The van der Waals surface area contributed by atoms with Gasteiger partial charge in [0.25, 0.3) is 0 Å². The van der Waals surface area contributed by atoms with E-state index >= 15 is 0 Å². The third-order valence-corrected chi connectivity index (χ3v) is 3.33. The molecule has 98 valence electrons. The Balaban J connectivity index is 2.12. The predicted octanol–water partition coefficient (Wildman–Crippen LogP) is 1.94. The summed E-state index contributed by atoms with van der Waals surface area (Å²) in [6, 6.07) is 12.3. The van der Waals surface area contributed by atoms with Gasteiger partial charge in [0.2, 0.25) is 5.91 Å². The number of amides is 1. The molecule has 0 saturated carbocycles. The highest BCUT2D eigenvalue weighted by Crippen LogP contribution is 2.39. The van der Waals surface area contributed by atoms with Crippen LogP contribution in [-0.2, 0) is 11.2 Å². The van der Waals surface area contributed by atoms with Crippen molar-refractivity contribution in [3.8, 4) is 6.07 Å². The van der Waals surface area contributed by atoms with Crippen molar-refractivity contribution in [3.05, 3.63) is 47.5 Å². The number of carbonyl (C=O) groups excluding carboxylic acids is 1. The van der Waals surface area contributed by atoms with Crippen molar-refractivity contribution in [1.82, 2.24) is 0 Å². The maximum Gasteiger partial charge on any atom is 0.236 e. The van der Waals surface area contributed by atoms with E-state index in [0.717, 1.165) is 11.3 Å². The summed E-state index contributed by atoms with van der Waals surface area (Å²) < 4.78 is 0. The first kappa shape index (κ1) is 12.1. The molecule has 0 aromatic heterocycles. The number of rotatable bonds is 1. The molecule has 1 aliphatic rings. The summed E-state index contributed by atoms with van der Waals surface area (Å²) in [5.74, 6) is -0.0537. The Morgan fingerprint density at radius 3 is 2.55 bits per heavy atom. The number of fused-ring (bicyclic) bond motifs is 1. The second-order valence-corrected chi connectivity index (χ2v) is 4.68. The molecular formula is C15H12N4O. The standard InChI is InChI=1S/C15H12N4O/c16-8-9-1-3-14(12(18)5-9)19-13-4-2-11(17)6-10(13)7-15(19)20/h1-6H,7,17-18H2. The summed E-state index contributed by atoms with van der Waals surface area (Å²) in [6.07, 6.45) is 0.305. The molecule has 20 heavy (non-hydrogen) atoms. The molecule has 3 rings (SSSR count). The molecule has 2 aromatic carbocycles. The molecule has 0 unspecified atom stereocenters. The molecule has 5 heteroatoms. The third kappa shape index (κ3) is 1.75. The molecule has 0 spiro atoms. The number of anilines is 4. The lowest BCUT2D eigenvalue weighted by atomic mass is 10.1. The van der Waals surface area contributed by atoms with E-state index in [2.05, 4.69) is 0 Å². The van der Waals surface area contributed by atoms with Gasteiger partial charge in [0.1, 0.15) is 0 Å². The molecule has 0 aliphatic carbocycles. The highest BCUT2D eigenvalue weighted by molar-refractivity contribution is 6.09. The Morgan fingerprint density at radius 1 is 1.10 bits per heavy atom. The van der Waals surface area contributed by atoms with Gasteiger partial charge in [-0.1, -0.05) is 0 Å². The number of benzene rings is 2. The normalized spacial score (nSPS) is 13.2. The minimum absolute atomic E-state index is 0.0537. The summed E-state index contributed by atoms with van der Waals surface area (Å²) in [5, 5.41) is 8.86. The first-order valence-electron chi connectivity index (χ1n) is 6.11. The van der Waals surface area contributed by atoms with Gasteiger partial charge in [0.05, 0.1) is 35.1 Å². The van der Waals surface area contributed by atoms with E-state index in [4.69, 9.17) is 16.7 Å². The Morgan fingerprint density at radius 2 is 1.85 bits per heavy atom. The molecule has 0 bridgehead atoms. The van der Waals surface area contributed by atoms with Gasteiger partial charge in [-0.3, -0.25) is 9.69 Å². The summed E-state index contributed by atoms with van der Waals surface area (Å²) in [7, 11) is 0. The van der Waals surface area contributed by atoms with Gasteiger partial charge >= 0.3 is 0 Å². The van der Waals surface area contributed by atoms with Crippen molar-refractivity contribution in [2.75, 3.05) is 16.4 Å². The van der Waals surface area contributed by atoms with Crippen molar-refractivity contribution in [1.29, 1.82) is 5.26 Å². The fraction of sp³-hybridized carbons (Fsp3) is 0.0667. The molecule has 1 amide bonds. The van der Waals surface area contributed by atoms with E-state index in [1.54, 1.807) is 35.2 Å². The van der Waals surface area contributed by atoms with Crippen molar-refractivity contribution >= 4 is 28.7 Å². The Labute approximate surface area is 116 Å². The van der Waals surface area contributed by atoms with Gasteiger partial charge < -0.3 is 11.5 Å². The van der Waals surface area contributed by atoms with E-state index in [-0.39, 0.29) is 5.91 Å². The van der Waals surface area contributed by atoms with E-state index in [0.29, 0.717) is 29.0 Å². The van der Waals surface area contributed by atoms with E-state index in [1.807, 2.05) is 12.1 Å². The first-order valence-corrected chi connectivity index (χ1v) is 6.11. The van der Waals surface area contributed by atoms with Crippen LogP contribution in [0.1, 0.15) is 11.1 Å². The molecule has 2 aromatic rings. The topological polar surface area (TPSA) is 96.1 Å². The Kier molecular flexibility index (Phi) is 2.58. The summed E-state index contributed by atoms with van der Waals surface area (Å²) in [4.78, 5) is 13.8. The van der Waals surface area contributed by atoms with E-state index in [9.17, 15) is 4.79 Å². The molecular weight excluding hydrogens is 252 g/mol. The zero-order valence-corrected chi connectivity index (χ0v) is 10.6.